The van der Waals surface area contributed by atoms with E-state index in [9.17, 15) is 4.79 Å². The Labute approximate surface area is 71.8 Å². The summed E-state index contributed by atoms with van der Waals surface area (Å²) in [5.41, 5.74) is 5.90. The molecule has 0 aromatic heterocycles. The van der Waals surface area contributed by atoms with E-state index in [0.29, 0.717) is 12.3 Å². The Bertz CT molecular complexity index is 197. The largest absolute Gasteiger partial charge is 0.338 e. The van der Waals surface area contributed by atoms with E-state index in [-0.39, 0.29) is 11.9 Å². The first-order chi connectivity index (χ1) is 5.74. The third kappa shape index (κ3) is 2.30. The molecule has 1 fully saturated rings. The van der Waals surface area contributed by atoms with E-state index < -0.39 is 0 Å². The fourth-order valence-electron chi connectivity index (χ4n) is 0.879. The lowest BCUT2D eigenvalue weighted by molar-refractivity contribution is -0.151. The zero-order chi connectivity index (χ0) is 8.97. The van der Waals surface area contributed by atoms with Gasteiger partial charge in [0.05, 0.1) is 11.6 Å². The number of rotatable bonds is 3. The normalized spacial score (nSPS) is 18.7. The lowest BCUT2D eigenvalue weighted by Crippen LogP contribution is -2.23. The number of nitrogens with zero attached hydrogens (tertiary/aromatic N) is 1. The van der Waals surface area contributed by atoms with Crippen molar-refractivity contribution < 1.29 is 9.63 Å². The van der Waals surface area contributed by atoms with Gasteiger partial charge < -0.3 is 10.6 Å². The van der Waals surface area contributed by atoms with Crippen LogP contribution in [0.4, 0.5) is 0 Å². The van der Waals surface area contributed by atoms with Gasteiger partial charge in [-0.25, -0.2) is 4.79 Å². The second-order valence-corrected chi connectivity index (χ2v) is 3.07. The maximum atomic E-state index is 11.1. The molecule has 4 heteroatoms. The molecule has 0 aromatic rings. The van der Waals surface area contributed by atoms with Gasteiger partial charge >= 0.3 is 5.97 Å². The van der Waals surface area contributed by atoms with E-state index in [1.807, 2.05) is 0 Å². The van der Waals surface area contributed by atoms with E-state index in [4.69, 9.17) is 5.73 Å². The highest BCUT2D eigenvalue weighted by Gasteiger charge is 2.26. The molecule has 1 aliphatic rings. The van der Waals surface area contributed by atoms with Gasteiger partial charge in [-0.2, -0.15) is 0 Å². The Kier molecular flexibility index (Phi) is 3.22. The standard InChI is InChI=1S/C8H14N2O2/c1-6(5-9)10-12-8(11)7-3-2-4-7/h7H,2-5,9H2,1H3/b10-6-. The molecule has 12 heavy (non-hydrogen) atoms. The maximum absolute atomic E-state index is 11.1. The SMILES string of the molecule is C/C(CN)=N/OC(=O)C1CCC1. The van der Waals surface area contributed by atoms with Crippen molar-refractivity contribution in [2.45, 2.75) is 26.2 Å². The lowest BCUT2D eigenvalue weighted by atomic mass is 9.86. The summed E-state index contributed by atoms with van der Waals surface area (Å²) in [5.74, 6) is -0.131. The first-order valence-corrected chi connectivity index (χ1v) is 4.18. The van der Waals surface area contributed by atoms with Crippen LogP contribution in [0.3, 0.4) is 0 Å². The molecule has 1 rings (SSSR count). The second-order valence-electron chi connectivity index (χ2n) is 3.07. The number of carbonyl (C=O) groups excluding carboxylic acids is 1. The van der Waals surface area contributed by atoms with Crippen LogP contribution in [0.15, 0.2) is 5.16 Å². The third-order valence-corrected chi connectivity index (χ3v) is 2.03. The maximum Gasteiger partial charge on any atom is 0.338 e. The van der Waals surface area contributed by atoms with Crippen molar-refractivity contribution in [3.8, 4) is 0 Å². The second kappa shape index (κ2) is 4.21. The van der Waals surface area contributed by atoms with Crippen LogP contribution in [-0.4, -0.2) is 18.2 Å². The van der Waals surface area contributed by atoms with Crippen LogP contribution in [0, 0.1) is 5.92 Å². The molecule has 0 aliphatic heterocycles. The van der Waals surface area contributed by atoms with Crippen molar-refractivity contribution >= 4 is 11.7 Å². The van der Waals surface area contributed by atoms with Crippen molar-refractivity contribution in [2.24, 2.45) is 16.8 Å². The molecule has 4 nitrogen and oxygen atoms in total. The topological polar surface area (TPSA) is 64.7 Å². The molecule has 0 heterocycles. The van der Waals surface area contributed by atoms with Crippen LogP contribution >= 0.6 is 0 Å². The molecular formula is C8H14N2O2. The van der Waals surface area contributed by atoms with Gasteiger partial charge in [0.1, 0.15) is 0 Å². The van der Waals surface area contributed by atoms with Gasteiger partial charge in [-0.15, -0.1) is 0 Å². The number of hydrogen-bond acceptors (Lipinski definition) is 4. The number of oxime groups is 1. The van der Waals surface area contributed by atoms with Gasteiger partial charge in [-0.3, -0.25) is 0 Å². The minimum atomic E-state index is -0.214. The molecule has 0 saturated heterocycles. The first-order valence-electron chi connectivity index (χ1n) is 4.18. The van der Waals surface area contributed by atoms with Gasteiger partial charge in [-0.05, 0) is 19.8 Å². The zero-order valence-corrected chi connectivity index (χ0v) is 7.25. The Balaban J connectivity index is 2.26. The minimum absolute atomic E-state index is 0.0827. The van der Waals surface area contributed by atoms with Gasteiger partial charge in [0.2, 0.25) is 0 Å². The van der Waals surface area contributed by atoms with E-state index in [0.717, 1.165) is 19.3 Å². The zero-order valence-electron chi connectivity index (χ0n) is 7.25. The summed E-state index contributed by atoms with van der Waals surface area (Å²) in [6, 6.07) is 0. The molecule has 0 unspecified atom stereocenters. The lowest BCUT2D eigenvalue weighted by Gasteiger charge is -2.21. The molecule has 2 N–H and O–H groups in total. The van der Waals surface area contributed by atoms with Crippen molar-refractivity contribution in [2.75, 3.05) is 6.54 Å². The summed E-state index contributed by atoms with van der Waals surface area (Å²) in [5, 5.41) is 3.59. The molecule has 0 bridgehead atoms. The van der Waals surface area contributed by atoms with Crippen molar-refractivity contribution in [1.29, 1.82) is 0 Å². The quantitative estimate of drug-likeness (QED) is 0.384. The molecule has 68 valence electrons. The summed E-state index contributed by atoms with van der Waals surface area (Å²) in [6.45, 7) is 2.06. The Morgan fingerprint density at radius 1 is 1.67 bits per heavy atom. The molecule has 1 aliphatic carbocycles. The van der Waals surface area contributed by atoms with E-state index in [1.54, 1.807) is 6.92 Å². The van der Waals surface area contributed by atoms with Crippen LogP contribution in [0.1, 0.15) is 26.2 Å². The molecule has 0 atom stereocenters. The molecule has 0 aromatic carbocycles. The van der Waals surface area contributed by atoms with Gasteiger partial charge in [-0.1, -0.05) is 11.6 Å². The van der Waals surface area contributed by atoms with Crippen molar-refractivity contribution in [3.63, 3.8) is 0 Å². The van der Waals surface area contributed by atoms with Crippen LogP contribution in [-0.2, 0) is 9.63 Å². The number of hydrogen-bond donors (Lipinski definition) is 1. The summed E-state index contributed by atoms with van der Waals surface area (Å²) in [6.07, 6.45) is 3.01. The molecular weight excluding hydrogens is 156 g/mol. The molecule has 1 saturated carbocycles. The summed E-state index contributed by atoms with van der Waals surface area (Å²) in [4.78, 5) is 15.7. The van der Waals surface area contributed by atoms with Crippen LogP contribution in [0.25, 0.3) is 0 Å². The van der Waals surface area contributed by atoms with E-state index >= 15 is 0 Å². The average Bonchev–Trinajstić information content (AvgIpc) is 1.97. The predicted molar refractivity (Wildman–Crippen MR) is 45.6 cm³/mol. The first kappa shape index (κ1) is 9.19. The van der Waals surface area contributed by atoms with Crippen LogP contribution in [0.5, 0.6) is 0 Å². The highest BCUT2D eigenvalue weighted by atomic mass is 16.7. The number of nitrogens with two attached hydrogens (primary N) is 1. The third-order valence-electron chi connectivity index (χ3n) is 2.03. The minimum Gasteiger partial charge on any atom is -0.325 e. The van der Waals surface area contributed by atoms with Crippen molar-refractivity contribution in [3.05, 3.63) is 0 Å². The fourth-order valence-corrected chi connectivity index (χ4v) is 0.879. The highest BCUT2D eigenvalue weighted by molar-refractivity contribution is 5.84. The van der Waals surface area contributed by atoms with Gasteiger partial charge in [0, 0.05) is 6.54 Å². The Hall–Kier alpha value is -0.900. The smallest absolute Gasteiger partial charge is 0.325 e. The van der Waals surface area contributed by atoms with Crippen molar-refractivity contribution in [1.82, 2.24) is 0 Å². The monoisotopic (exact) mass is 170 g/mol. The number of carbonyl (C=O) groups is 1. The molecule has 0 spiro atoms. The van der Waals surface area contributed by atoms with Gasteiger partial charge in [0.25, 0.3) is 0 Å². The Morgan fingerprint density at radius 3 is 2.75 bits per heavy atom. The van der Waals surface area contributed by atoms with Crippen LogP contribution < -0.4 is 5.73 Å². The summed E-state index contributed by atoms with van der Waals surface area (Å²) < 4.78 is 0. The molecule has 0 radical (unpaired) electrons. The van der Waals surface area contributed by atoms with E-state index in [1.165, 1.54) is 0 Å². The molecule has 0 amide bonds. The van der Waals surface area contributed by atoms with E-state index in [2.05, 4.69) is 9.99 Å². The summed E-state index contributed by atoms with van der Waals surface area (Å²) >= 11 is 0. The van der Waals surface area contributed by atoms with Crippen LogP contribution in [0.2, 0.25) is 0 Å². The fraction of sp³-hybridized carbons (Fsp3) is 0.750. The van der Waals surface area contributed by atoms with Gasteiger partial charge in [0.15, 0.2) is 0 Å². The highest BCUT2D eigenvalue weighted by Crippen LogP contribution is 2.27. The predicted octanol–water partition coefficient (Wildman–Crippen LogP) is 0.664. The average molecular weight is 170 g/mol. The summed E-state index contributed by atoms with van der Waals surface area (Å²) in [7, 11) is 0. The Morgan fingerprint density at radius 2 is 2.33 bits per heavy atom.